The summed E-state index contributed by atoms with van der Waals surface area (Å²) in [6, 6.07) is 10.4. The van der Waals surface area contributed by atoms with Gasteiger partial charge in [-0.05, 0) is 33.3 Å². The Labute approximate surface area is 97.2 Å². The normalized spacial score (nSPS) is 13.3. The molecule has 1 rings (SSSR count). The SMILES string of the molecule is CC(C)N=C(c1ccccc1)C(C)(C)Cl. The van der Waals surface area contributed by atoms with Crippen LogP contribution < -0.4 is 0 Å². The van der Waals surface area contributed by atoms with Gasteiger partial charge in [0.2, 0.25) is 0 Å². The number of rotatable bonds is 3. The fourth-order valence-electron chi connectivity index (χ4n) is 1.43. The lowest BCUT2D eigenvalue weighted by Gasteiger charge is -2.20. The second kappa shape index (κ2) is 4.80. The summed E-state index contributed by atoms with van der Waals surface area (Å²) >= 11 is 6.35. The quantitative estimate of drug-likeness (QED) is 0.545. The van der Waals surface area contributed by atoms with E-state index >= 15 is 0 Å². The second-order valence-electron chi connectivity index (χ2n) is 4.41. The van der Waals surface area contributed by atoms with Crippen molar-refractivity contribution < 1.29 is 0 Å². The predicted octanol–water partition coefficient (Wildman–Crippen LogP) is 3.90. The van der Waals surface area contributed by atoms with Gasteiger partial charge in [-0.3, -0.25) is 4.99 Å². The first-order valence-electron chi connectivity index (χ1n) is 5.24. The van der Waals surface area contributed by atoms with Gasteiger partial charge in [-0.25, -0.2) is 0 Å². The van der Waals surface area contributed by atoms with Gasteiger partial charge in [0, 0.05) is 6.04 Å². The molecule has 0 radical (unpaired) electrons. The van der Waals surface area contributed by atoms with Gasteiger partial charge in [0.05, 0.1) is 10.6 Å². The van der Waals surface area contributed by atoms with Gasteiger partial charge in [-0.1, -0.05) is 30.3 Å². The molecule has 0 bridgehead atoms. The van der Waals surface area contributed by atoms with Gasteiger partial charge in [-0.2, -0.15) is 0 Å². The largest absolute Gasteiger partial charge is 0.285 e. The predicted molar refractivity (Wildman–Crippen MR) is 68.0 cm³/mol. The van der Waals surface area contributed by atoms with Crippen molar-refractivity contribution in [2.24, 2.45) is 4.99 Å². The third-order valence-corrected chi connectivity index (χ3v) is 2.18. The zero-order chi connectivity index (χ0) is 11.5. The van der Waals surface area contributed by atoms with E-state index in [1.54, 1.807) is 0 Å². The summed E-state index contributed by atoms with van der Waals surface area (Å²) in [6.07, 6.45) is 0. The molecule has 0 heterocycles. The summed E-state index contributed by atoms with van der Waals surface area (Å²) in [6.45, 7) is 8.07. The Morgan fingerprint density at radius 3 is 2.13 bits per heavy atom. The van der Waals surface area contributed by atoms with Crippen molar-refractivity contribution in [1.82, 2.24) is 0 Å². The minimum Gasteiger partial charge on any atom is -0.285 e. The molecule has 15 heavy (non-hydrogen) atoms. The molecule has 0 saturated heterocycles. The zero-order valence-corrected chi connectivity index (χ0v) is 10.5. The number of hydrogen-bond acceptors (Lipinski definition) is 1. The maximum Gasteiger partial charge on any atom is 0.0811 e. The summed E-state index contributed by atoms with van der Waals surface area (Å²) in [4.78, 5) is 4.18. The summed E-state index contributed by atoms with van der Waals surface area (Å²) in [5.74, 6) is 0. The van der Waals surface area contributed by atoms with Gasteiger partial charge in [0.1, 0.15) is 0 Å². The average Bonchev–Trinajstić information content (AvgIpc) is 2.14. The molecule has 0 aliphatic carbocycles. The van der Waals surface area contributed by atoms with E-state index in [1.807, 2.05) is 44.2 Å². The highest BCUT2D eigenvalue weighted by atomic mass is 35.5. The van der Waals surface area contributed by atoms with Crippen molar-refractivity contribution in [2.75, 3.05) is 0 Å². The summed E-state index contributed by atoms with van der Waals surface area (Å²) < 4.78 is 0. The topological polar surface area (TPSA) is 12.4 Å². The third-order valence-electron chi connectivity index (χ3n) is 2.00. The van der Waals surface area contributed by atoms with Gasteiger partial charge in [-0.15, -0.1) is 11.6 Å². The Bertz CT molecular complexity index is 333. The van der Waals surface area contributed by atoms with Crippen molar-refractivity contribution in [3.8, 4) is 0 Å². The molecule has 82 valence electrons. The first-order chi connectivity index (χ1) is 6.91. The first kappa shape index (κ1) is 12.3. The van der Waals surface area contributed by atoms with Crippen LogP contribution in [0.4, 0.5) is 0 Å². The Balaban J connectivity index is 3.15. The molecule has 0 N–H and O–H groups in total. The second-order valence-corrected chi connectivity index (χ2v) is 5.35. The van der Waals surface area contributed by atoms with E-state index in [0.717, 1.165) is 11.3 Å². The average molecular weight is 224 g/mol. The minimum atomic E-state index is -0.425. The van der Waals surface area contributed by atoms with Crippen molar-refractivity contribution in [3.63, 3.8) is 0 Å². The molecular weight excluding hydrogens is 206 g/mol. The monoisotopic (exact) mass is 223 g/mol. The maximum atomic E-state index is 6.35. The van der Waals surface area contributed by atoms with Crippen molar-refractivity contribution in [3.05, 3.63) is 35.9 Å². The van der Waals surface area contributed by atoms with Gasteiger partial charge < -0.3 is 0 Å². The lowest BCUT2D eigenvalue weighted by Crippen LogP contribution is -2.27. The standard InChI is InChI=1S/C13H18ClN/c1-10(2)15-12(13(3,4)14)11-8-6-5-7-9-11/h5-10H,1-4H3. The van der Waals surface area contributed by atoms with Crippen LogP contribution in [0.2, 0.25) is 0 Å². The Kier molecular flexibility index (Phi) is 3.92. The molecule has 0 unspecified atom stereocenters. The molecule has 0 aliphatic rings. The fourth-order valence-corrected chi connectivity index (χ4v) is 1.58. The van der Waals surface area contributed by atoms with E-state index in [9.17, 15) is 0 Å². The van der Waals surface area contributed by atoms with Crippen LogP contribution >= 0.6 is 11.6 Å². The molecular formula is C13H18ClN. The van der Waals surface area contributed by atoms with E-state index in [0.29, 0.717) is 0 Å². The molecule has 1 nitrogen and oxygen atoms in total. The zero-order valence-electron chi connectivity index (χ0n) is 9.79. The molecule has 0 amide bonds. The van der Waals surface area contributed by atoms with Crippen LogP contribution in [0.5, 0.6) is 0 Å². The minimum absolute atomic E-state index is 0.262. The van der Waals surface area contributed by atoms with E-state index < -0.39 is 4.87 Å². The summed E-state index contributed by atoms with van der Waals surface area (Å²) in [5.41, 5.74) is 2.06. The summed E-state index contributed by atoms with van der Waals surface area (Å²) in [7, 11) is 0. The fraction of sp³-hybridized carbons (Fsp3) is 0.462. The van der Waals surface area contributed by atoms with Crippen LogP contribution in [0.15, 0.2) is 35.3 Å². The van der Waals surface area contributed by atoms with E-state index in [2.05, 4.69) is 18.8 Å². The van der Waals surface area contributed by atoms with Crippen molar-refractivity contribution >= 4 is 17.3 Å². The van der Waals surface area contributed by atoms with Crippen LogP contribution in [0.25, 0.3) is 0 Å². The number of benzene rings is 1. The Morgan fingerprint density at radius 1 is 1.20 bits per heavy atom. The molecule has 1 aromatic rings. The van der Waals surface area contributed by atoms with E-state index in [-0.39, 0.29) is 6.04 Å². The van der Waals surface area contributed by atoms with Crippen LogP contribution in [-0.2, 0) is 0 Å². The van der Waals surface area contributed by atoms with Gasteiger partial charge in [0.15, 0.2) is 0 Å². The Hall–Kier alpha value is -0.820. The molecule has 1 aromatic carbocycles. The van der Waals surface area contributed by atoms with E-state index in [1.165, 1.54) is 0 Å². The first-order valence-corrected chi connectivity index (χ1v) is 5.61. The molecule has 0 aliphatic heterocycles. The molecule has 0 atom stereocenters. The molecule has 0 saturated carbocycles. The van der Waals surface area contributed by atoms with Crippen molar-refractivity contribution in [2.45, 2.75) is 38.6 Å². The highest BCUT2D eigenvalue weighted by Crippen LogP contribution is 2.21. The summed E-state index contributed by atoms with van der Waals surface area (Å²) in [5, 5.41) is 0. The molecule has 0 aromatic heterocycles. The van der Waals surface area contributed by atoms with Crippen LogP contribution in [0.1, 0.15) is 33.3 Å². The number of aliphatic imine (C=N–C) groups is 1. The number of halogens is 1. The number of alkyl halides is 1. The number of nitrogens with zero attached hydrogens (tertiary/aromatic N) is 1. The maximum absolute atomic E-state index is 6.35. The highest BCUT2D eigenvalue weighted by Gasteiger charge is 2.23. The lowest BCUT2D eigenvalue weighted by atomic mass is 9.99. The van der Waals surface area contributed by atoms with E-state index in [4.69, 9.17) is 11.6 Å². The van der Waals surface area contributed by atoms with Gasteiger partial charge in [0.25, 0.3) is 0 Å². The molecule has 0 fully saturated rings. The van der Waals surface area contributed by atoms with Crippen molar-refractivity contribution in [1.29, 1.82) is 0 Å². The number of hydrogen-bond donors (Lipinski definition) is 0. The van der Waals surface area contributed by atoms with Crippen LogP contribution in [0.3, 0.4) is 0 Å². The smallest absolute Gasteiger partial charge is 0.0811 e. The molecule has 2 heteroatoms. The van der Waals surface area contributed by atoms with Gasteiger partial charge >= 0.3 is 0 Å². The van der Waals surface area contributed by atoms with Crippen LogP contribution in [0, 0.1) is 0 Å². The molecule has 0 spiro atoms. The Morgan fingerprint density at radius 2 is 1.73 bits per heavy atom. The lowest BCUT2D eigenvalue weighted by molar-refractivity contribution is 0.811. The third kappa shape index (κ3) is 3.67. The van der Waals surface area contributed by atoms with Crippen LogP contribution in [-0.4, -0.2) is 16.6 Å². The highest BCUT2D eigenvalue weighted by molar-refractivity contribution is 6.38.